The Bertz CT molecular complexity index is 274. The van der Waals surface area contributed by atoms with Crippen molar-refractivity contribution < 1.29 is 19.1 Å². The van der Waals surface area contributed by atoms with Crippen molar-refractivity contribution in [3.05, 3.63) is 0 Å². The van der Waals surface area contributed by atoms with Crippen molar-refractivity contribution in [2.75, 3.05) is 39.5 Å². The number of amides is 2. The topological polar surface area (TPSA) is 76.7 Å². The Kier molecular flexibility index (Phi) is 9.16. The molecule has 2 N–H and O–H groups in total. The zero-order valence-corrected chi connectivity index (χ0v) is 12.4. The van der Waals surface area contributed by atoms with Crippen molar-refractivity contribution in [1.82, 2.24) is 10.6 Å². The second-order valence-electron chi connectivity index (χ2n) is 5.12. The Hall–Kier alpha value is -1.14. The van der Waals surface area contributed by atoms with Gasteiger partial charge in [0.05, 0.1) is 19.8 Å². The van der Waals surface area contributed by atoms with E-state index in [-0.39, 0.29) is 23.8 Å². The van der Waals surface area contributed by atoms with E-state index in [1.165, 1.54) is 0 Å². The molecule has 0 unspecified atom stereocenters. The maximum absolute atomic E-state index is 11.5. The van der Waals surface area contributed by atoms with Gasteiger partial charge in [0, 0.05) is 18.5 Å². The van der Waals surface area contributed by atoms with Crippen LogP contribution in [0.2, 0.25) is 0 Å². The van der Waals surface area contributed by atoms with Crippen LogP contribution in [0.4, 0.5) is 0 Å². The molecule has 0 atom stereocenters. The second-order valence-corrected chi connectivity index (χ2v) is 5.12. The summed E-state index contributed by atoms with van der Waals surface area (Å²) in [6.45, 7) is 9.78. The molecule has 6 heteroatoms. The smallest absolute Gasteiger partial charge is 0.245 e. The van der Waals surface area contributed by atoms with Crippen molar-refractivity contribution >= 4 is 11.8 Å². The highest BCUT2D eigenvalue weighted by Gasteiger charge is 2.20. The first-order valence-corrected chi connectivity index (χ1v) is 6.58. The second kappa shape index (κ2) is 9.75. The van der Waals surface area contributed by atoms with Gasteiger partial charge in [-0.3, -0.25) is 9.59 Å². The molecule has 0 aliphatic carbocycles. The molecule has 0 aliphatic rings. The van der Waals surface area contributed by atoms with Crippen LogP contribution in [0.3, 0.4) is 0 Å². The highest BCUT2D eigenvalue weighted by atomic mass is 16.5. The van der Waals surface area contributed by atoms with E-state index in [4.69, 9.17) is 9.47 Å². The maximum atomic E-state index is 11.5. The lowest BCUT2D eigenvalue weighted by Gasteiger charge is -2.17. The summed E-state index contributed by atoms with van der Waals surface area (Å²) in [4.78, 5) is 22.5. The number of carbonyl (C=O) groups is 2. The summed E-state index contributed by atoms with van der Waals surface area (Å²) in [7, 11) is 0. The highest BCUT2D eigenvalue weighted by Crippen LogP contribution is 2.11. The van der Waals surface area contributed by atoms with Crippen LogP contribution in [0.5, 0.6) is 0 Å². The van der Waals surface area contributed by atoms with Gasteiger partial charge >= 0.3 is 0 Å². The maximum Gasteiger partial charge on any atom is 0.245 e. The quantitative estimate of drug-likeness (QED) is 0.594. The number of hydrogen-bond acceptors (Lipinski definition) is 4. The molecule has 0 aromatic heterocycles. The third-order valence-electron chi connectivity index (χ3n) is 2.19. The van der Waals surface area contributed by atoms with E-state index in [1.807, 2.05) is 27.7 Å². The van der Waals surface area contributed by atoms with Crippen LogP contribution in [0.15, 0.2) is 0 Å². The van der Waals surface area contributed by atoms with Gasteiger partial charge in [0.15, 0.2) is 0 Å². The van der Waals surface area contributed by atoms with E-state index in [2.05, 4.69) is 10.6 Å². The average Bonchev–Trinajstić information content (AvgIpc) is 2.31. The predicted octanol–water partition coefficient (Wildman–Crippen LogP) is 0.318. The Morgan fingerprint density at radius 2 is 1.63 bits per heavy atom. The fourth-order valence-corrected chi connectivity index (χ4v) is 1.13. The van der Waals surface area contributed by atoms with E-state index in [0.717, 1.165) is 0 Å². The largest absolute Gasteiger partial charge is 0.377 e. The van der Waals surface area contributed by atoms with Gasteiger partial charge in [-0.15, -0.1) is 0 Å². The summed E-state index contributed by atoms with van der Waals surface area (Å²) in [5.74, 6) is -0.122. The van der Waals surface area contributed by atoms with Crippen LogP contribution in [0.25, 0.3) is 0 Å². The molecule has 0 saturated heterocycles. The lowest BCUT2D eigenvalue weighted by Crippen LogP contribution is -2.36. The minimum atomic E-state index is -0.379. The lowest BCUT2D eigenvalue weighted by molar-refractivity contribution is -0.129. The van der Waals surface area contributed by atoms with Crippen molar-refractivity contribution in [3.8, 4) is 0 Å². The summed E-state index contributed by atoms with van der Waals surface area (Å²) in [5.41, 5.74) is -0.379. The number of nitrogens with one attached hydrogen (secondary N) is 2. The van der Waals surface area contributed by atoms with Crippen LogP contribution < -0.4 is 10.6 Å². The van der Waals surface area contributed by atoms with E-state index in [9.17, 15) is 9.59 Å². The molecule has 0 aromatic carbocycles. The minimum absolute atomic E-state index is 0.00332. The molecular weight excluding hydrogens is 248 g/mol. The van der Waals surface area contributed by atoms with Crippen molar-refractivity contribution in [2.45, 2.75) is 27.7 Å². The Morgan fingerprint density at radius 3 is 2.21 bits per heavy atom. The number of carbonyl (C=O) groups excluding carboxylic acids is 2. The van der Waals surface area contributed by atoms with Gasteiger partial charge in [-0.25, -0.2) is 0 Å². The lowest BCUT2D eigenvalue weighted by atomic mass is 9.96. The number of rotatable bonds is 9. The summed E-state index contributed by atoms with van der Waals surface area (Å²) >= 11 is 0. The first-order valence-electron chi connectivity index (χ1n) is 6.58. The van der Waals surface area contributed by atoms with Gasteiger partial charge in [-0.05, 0) is 6.92 Å². The zero-order chi connectivity index (χ0) is 14.7. The van der Waals surface area contributed by atoms with Gasteiger partial charge in [-0.2, -0.15) is 0 Å². The average molecular weight is 274 g/mol. The highest BCUT2D eigenvalue weighted by molar-refractivity contribution is 5.81. The number of ether oxygens (including phenoxy) is 2. The Labute approximate surface area is 115 Å². The molecule has 0 aromatic rings. The normalized spacial score (nSPS) is 11.2. The van der Waals surface area contributed by atoms with Crippen LogP contribution >= 0.6 is 0 Å². The van der Waals surface area contributed by atoms with Crippen LogP contribution in [-0.2, 0) is 19.1 Å². The third-order valence-corrected chi connectivity index (χ3v) is 2.19. The molecule has 0 heterocycles. The van der Waals surface area contributed by atoms with E-state index in [0.29, 0.717) is 32.9 Å². The van der Waals surface area contributed by atoms with Gasteiger partial charge < -0.3 is 20.1 Å². The molecule has 112 valence electrons. The van der Waals surface area contributed by atoms with E-state index in [1.54, 1.807) is 0 Å². The molecule has 0 saturated carbocycles. The first kappa shape index (κ1) is 17.9. The molecular formula is C13H26N2O4. The number of likely N-dealkylation sites (N-methyl/N-ethyl adjacent to an activating group) is 1. The van der Waals surface area contributed by atoms with Crippen molar-refractivity contribution in [3.63, 3.8) is 0 Å². The van der Waals surface area contributed by atoms with Gasteiger partial charge in [0.25, 0.3) is 0 Å². The van der Waals surface area contributed by atoms with Crippen LogP contribution in [-0.4, -0.2) is 51.3 Å². The fourth-order valence-electron chi connectivity index (χ4n) is 1.13. The molecule has 0 aliphatic heterocycles. The molecule has 19 heavy (non-hydrogen) atoms. The van der Waals surface area contributed by atoms with Gasteiger partial charge in [-0.1, -0.05) is 20.8 Å². The van der Waals surface area contributed by atoms with E-state index >= 15 is 0 Å². The SMILES string of the molecule is CCNC(=O)COCCOCCNC(=O)C(C)(C)C. The Balaban J connectivity index is 3.33. The molecule has 0 radical (unpaired) electrons. The monoisotopic (exact) mass is 274 g/mol. The molecule has 6 nitrogen and oxygen atoms in total. The fraction of sp³-hybridized carbons (Fsp3) is 0.846. The zero-order valence-electron chi connectivity index (χ0n) is 12.4. The predicted molar refractivity (Wildman–Crippen MR) is 72.8 cm³/mol. The standard InChI is InChI=1S/C13H26N2O4/c1-5-14-11(16)10-19-9-8-18-7-6-15-12(17)13(2,3)4/h5-10H2,1-4H3,(H,14,16)(H,15,17). The van der Waals surface area contributed by atoms with Crippen LogP contribution in [0, 0.1) is 5.41 Å². The Morgan fingerprint density at radius 1 is 1.00 bits per heavy atom. The third kappa shape index (κ3) is 10.5. The van der Waals surface area contributed by atoms with E-state index < -0.39 is 0 Å². The molecule has 0 rings (SSSR count). The van der Waals surface area contributed by atoms with Crippen molar-refractivity contribution in [1.29, 1.82) is 0 Å². The molecule has 0 spiro atoms. The van der Waals surface area contributed by atoms with Gasteiger partial charge in [0.2, 0.25) is 11.8 Å². The summed E-state index contributed by atoms with van der Waals surface area (Å²) in [6, 6.07) is 0. The van der Waals surface area contributed by atoms with Crippen molar-refractivity contribution in [2.24, 2.45) is 5.41 Å². The number of hydrogen-bond donors (Lipinski definition) is 2. The summed E-state index contributed by atoms with van der Waals surface area (Å²) in [6.07, 6.45) is 0. The molecule has 0 bridgehead atoms. The summed E-state index contributed by atoms with van der Waals surface area (Å²) < 4.78 is 10.4. The molecule has 0 fully saturated rings. The molecule has 2 amide bonds. The summed E-state index contributed by atoms with van der Waals surface area (Å²) in [5, 5.41) is 5.41. The minimum Gasteiger partial charge on any atom is -0.377 e. The van der Waals surface area contributed by atoms with Crippen LogP contribution in [0.1, 0.15) is 27.7 Å². The first-order chi connectivity index (χ1) is 8.88. The van der Waals surface area contributed by atoms with Gasteiger partial charge in [0.1, 0.15) is 6.61 Å².